The molecule has 25 heavy (non-hydrogen) atoms. The third-order valence-corrected chi connectivity index (χ3v) is 5.23. The number of ether oxygens (including phenoxy) is 1. The number of rotatable bonds is 6. The van der Waals surface area contributed by atoms with Crippen molar-refractivity contribution in [1.82, 2.24) is 10.2 Å². The summed E-state index contributed by atoms with van der Waals surface area (Å²) in [4.78, 5) is 26.9. The Morgan fingerprint density at radius 1 is 1.24 bits per heavy atom. The number of hydrogen-bond donors (Lipinski definition) is 1. The highest BCUT2D eigenvalue weighted by atomic mass is 16.5. The molecule has 0 spiro atoms. The third kappa shape index (κ3) is 4.60. The van der Waals surface area contributed by atoms with E-state index >= 15 is 0 Å². The zero-order chi connectivity index (χ0) is 17.8. The molecule has 1 N–H and O–H groups in total. The Balaban J connectivity index is 1.71. The number of benzene rings is 1. The van der Waals surface area contributed by atoms with Gasteiger partial charge in [-0.3, -0.25) is 9.59 Å². The zero-order valence-corrected chi connectivity index (χ0v) is 15.2. The lowest BCUT2D eigenvalue weighted by molar-refractivity contribution is -0.142. The van der Waals surface area contributed by atoms with E-state index < -0.39 is 0 Å². The van der Waals surface area contributed by atoms with Crippen molar-refractivity contribution in [3.63, 3.8) is 0 Å². The molecular formula is C20H28N2O3. The number of nitrogens with zero attached hydrogens (tertiary/aromatic N) is 1. The van der Waals surface area contributed by atoms with E-state index in [0.717, 1.165) is 24.9 Å². The largest absolute Gasteiger partial charge is 0.375 e. The first kappa shape index (κ1) is 17.9. The van der Waals surface area contributed by atoms with Crippen molar-refractivity contribution in [2.75, 3.05) is 26.8 Å². The van der Waals surface area contributed by atoms with Gasteiger partial charge >= 0.3 is 0 Å². The van der Waals surface area contributed by atoms with E-state index in [0.29, 0.717) is 12.5 Å². The van der Waals surface area contributed by atoms with Crippen LogP contribution in [-0.4, -0.2) is 43.5 Å². The minimum absolute atomic E-state index is 0.0232. The van der Waals surface area contributed by atoms with Crippen molar-refractivity contribution in [1.29, 1.82) is 0 Å². The molecule has 0 bridgehead atoms. The number of aryl methyl sites for hydroxylation is 1. The molecule has 2 fully saturated rings. The number of piperidine rings is 1. The second-order valence-electron chi connectivity index (χ2n) is 7.37. The summed E-state index contributed by atoms with van der Waals surface area (Å²) in [5, 5.41) is 3.06. The molecule has 1 aromatic carbocycles. The van der Waals surface area contributed by atoms with E-state index in [1.54, 1.807) is 0 Å². The molecule has 1 aromatic rings. The van der Waals surface area contributed by atoms with Crippen LogP contribution in [0, 0.1) is 18.8 Å². The summed E-state index contributed by atoms with van der Waals surface area (Å²) < 4.78 is 5.06. The maximum Gasteiger partial charge on any atom is 0.249 e. The Morgan fingerprint density at radius 2 is 2.04 bits per heavy atom. The highest BCUT2D eigenvalue weighted by Gasteiger charge is 2.35. The van der Waals surface area contributed by atoms with Gasteiger partial charge in [-0.15, -0.1) is 0 Å². The fourth-order valence-electron chi connectivity index (χ4n) is 3.60. The molecule has 1 saturated heterocycles. The Hall–Kier alpha value is -1.88. The summed E-state index contributed by atoms with van der Waals surface area (Å²) in [6.07, 6.45) is 4.06. The van der Waals surface area contributed by atoms with Gasteiger partial charge in [0.2, 0.25) is 11.8 Å². The Labute approximate surface area is 149 Å². The predicted molar refractivity (Wildman–Crippen MR) is 96.0 cm³/mol. The van der Waals surface area contributed by atoms with Crippen molar-refractivity contribution in [3.8, 4) is 0 Å². The SMILES string of the molecule is COCC(=O)N1C[C@@H](C(=O)NCC2CC2)CC[C@@H]1c1cccc(C)c1. The molecule has 1 heterocycles. The van der Waals surface area contributed by atoms with Gasteiger partial charge in [-0.1, -0.05) is 29.8 Å². The van der Waals surface area contributed by atoms with Crippen LogP contribution in [0.3, 0.4) is 0 Å². The average Bonchev–Trinajstić information content (AvgIpc) is 3.44. The fraction of sp³-hybridized carbons (Fsp3) is 0.600. The van der Waals surface area contributed by atoms with Gasteiger partial charge in [0, 0.05) is 20.2 Å². The van der Waals surface area contributed by atoms with Gasteiger partial charge in [-0.25, -0.2) is 0 Å². The standard InChI is InChI=1S/C20H28N2O3/c1-14-4-3-5-16(10-14)18-9-8-17(12-22(18)19(23)13-25-2)20(24)21-11-15-6-7-15/h3-5,10,15,17-18H,6-9,11-13H2,1-2H3,(H,21,24)/t17-,18+/m0/s1. The summed E-state index contributed by atoms with van der Waals surface area (Å²) in [7, 11) is 1.53. The van der Waals surface area contributed by atoms with E-state index in [4.69, 9.17) is 4.74 Å². The summed E-state index contributed by atoms with van der Waals surface area (Å²) in [5.41, 5.74) is 2.32. The smallest absolute Gasteiger partial charge is 0.249 e. The van der Waals surface area contributed by atoms with Gasteiger partial charge in [0.05, 0.1) is 12.0 Å². The van der Waals surface area contributed by atoms with Crippen LogP contribution in [0.25, 0.3) is 0 Å². The lowest BCUT2D eigenvalue weighted by atomic mass is 9.88. The van der Waals surface area contributed by atoms with Gasteiger partial charge in [-0.05, 0) is 44.1 Å². The number of carbonyl (C=O) groups is 2. The molecule has 2 aliphatic rings. The molecule has 2 amide bonds. The topological polar surface area (TPSA) is 58.6 Å². The lowest BCUT2D eigenvalue weighted by Crippen LogP contribution is -2.48. The normalized spacial score (nSPS) is 23.4. The van der Waals surface area contributed by atoms with Crippen LogP contribution in [0.2, 0.25) is 0 Å². The van der Waals surface area contributed by atoms with Crippen molar-refractivity contribution in [3.05, 3.63) is 35.4 Å². The molecule has 5 heteroatoms. The van der Waals surface area contributed by atoms with Gasteiger partial charge in [0.25, 0.3) is 0 Å². The third-order valence-electron chi connectivity index (χ3n) is 5.23. The number of methoxy groups -OCH3 is 1. The maximum atomic E-state index is 12.6. The molecule has 1 aliphatic carbocycles. The molecular weight excluding hydrogens is 316 g/mol. The molecule has 1 saturated carbocycles. The van der Waals surface area contributed by atoms with Crippen LogP contribution >= 0.6 is 0 Å². The quantitative estimate of drug-likeness (QED) is 0.862. The number of likely N-dealkylation sites (tertiary alicyclic amines) is 1. The first-order valence-electron chi connectivity index (χ1n) is 9.21. The predicted octanol–water partition coefficient (Wildman–Crippen LogP) is 2.45. The van der Waals surface area contributed by atoms with Gasteiger partial charge in [0.1, 0.15) is 6.61 Å². The highest BCUT2D eigenvalue weighted by molar-refractivity contribution is 5.82. The van der Waals surface area contributed by atoms with Crippen LogP contribution in [-0.2, 0) is 14.3 Å². The molecule has 0 aromatic heterocycles. The highest BCUT2D eigenvalue weighted by Crippen LogP contribution is 2.34. The van der Waals surface area contributed by atoms with Gasteiger partial charge in [-0.2, -0.15) is 0 Å². The van der Waals surface area contributed by atoms with Gasteiger partial charge in [0.15, 0.2) is 0 Å². The summed E-state index contributed by atoms with van der Waals surface area (Å²) in [5.74, 6) is 0.581. The number of nitrogens with one attached hydrogen (secondary N) is 1. The Kier molecular flexibility index (Phi) is 5.74. The first-order valence-corrected chi connectivity index (χ1v) is 9.21. The van der Waals surface area contributed by atoms with E-state index in [2.05, 4.69) is 30.4 Å². The minimum atomic E-state index is -0.124. The second kappa shape index (κ2) is 8.00. The maximum absolute atomic E-state index is 12.6. The first-order chi connectivity index (χ1) is 12.1. The number of hydrogen-bond acceptors (Lipinski definition) is 3. The van der Waals surface area contributed by atoms with Crippen molar-refractivity contribution in [2.45, 2.75) is 38.6 Å². The minimum Gasteiger partial charge on any atom is -0.375 e. The van der Waals surface area contributed by atoms with Crippen molar-refractivity contribution >= 4 is 11.8 Å². The van der Waals surface area contributed by atoms with E-state index in [1.807, 2.05) is 11.0 Å². The lowest BCUT2D eigenvalue weighted by Gasteiger charge is -2.39. The van der Waals surface area contributed by atoms with E-state index in [-0.39, 0.29) is 30.4 Å². The van der Waals surface area contributed by atoms with Crippen LogP contribution < -0.4 is 5.32 Å². The molecule has 2 atom stereocenters. The number of amides is 2. The summed E-state index contributed by atoms with van der Waals surface area (Å²) in [6, 6.07) is 8.30. The van der Waals surface area contributed by atoms with Gasteiger partial charge < -0.3 is 15.0 Å². The summed E-state index contributed by atoms with van der Waals surface area (Å²) >= 11 is 0. The Bertz CT molecular complexity index is 627. The Morgan fingerprint density at radius 3 is 2.72 bits per heavy atom. The second-order valence-corrected chi connectivity index (χ2v) is 7.37. The van der Waals surface area contributed by atoms with Crippen LogP contribution in [0.1, 0.15) is 42.9 Å². The fourth-order valence-corrected chi connectivity index (χ4v) is 3.60. The molecule has 0 radical (unpaired) electrons. The van der Waals surface area contributed by atoms with Crippen molar-refractivity contribution in [2.24, 2.45) is 11.8 Å². The van der Waals surface area contributed by atoms with Crippen molar-refractivity contribution < 1.29 is 14.3 Å². The van der Waals surface area contributed by atoms with Crippen LogP contribution in [0.15, 0.2) is 24.3 Å². The van der Waals surface area contributed by atoms with E-state index in [1.165, 1.54) is 25.5 Å². The molecule has 3 rings (SSSR count). The van der Waals surface area contributed by atoms with Crippen LogP contribution in [0.5, 0.6) is 0 Å². The van der Waals surface area contributed by atoms with E-state index in [9.17, 15) is 9.59 Å². The summed E-state index contributed by atoms with van der Waals surface area (Å²) in [6.45, 7) is 3.36. The number of carbonyl (C=O) groups excluding carboxylic acids is 2. The van der Waals surface area contributed by atoms with Crippen LogP contribution in [0.4, 0.5) is 0 Å². The molecule has 136 valence electrons. The molecule has 5 nitrogen and oxygen atoms in total. The monoisotopic (exact) mass is 344 g/mol. The zero-order valence-electron chi connectivity index (χ0n) is 15.2. The average molecular weight is 344 g/mol. The molecule has 1 aliphatic heterocycles. The molecule has 0 unspecified atom stereocenters.